The first-order chi connectivity index (χ1) is 16.2. The van der Waals surface area contributed by atoms with Crippen LogP contribution in [0.5, 0.6) is 0 Å². The highest BCUT2D eigenvalue weighted by Gasteiger charge is 2.45. The van der Waals surface area contributed by atoms with E-state index in [0.717, 1.165) is 35.5 Å². The molecule has 3 aliphatic rings. The van der Waals surface area contributed by atoms with Crippen LogP contribution < -0.4 is 4.90 Å². The molecule has 2 bridgehead atoms. The number of aromatic nitrogens is 2. The lowest BCUT2D eigenvalue weighted by Crippen LogP contribution is -2.57. The molecule has 2 fully saturated rings. The molecule has 2 saturated heterocycles. The Labute approximate surface area is 204 Å². The van der Waals surface area contributed by atoms with Gasteiger partial charge in [-0.25, -0.2) is 14.8 Å². The topological polar surface area (TPSA) is 78.9 Å². The lowest BCUT2D eigenvalue weighted by Gasteiger charge is -2.42. The molecule has 8 nitrogen and oxygen atoms in total. The average molecular weight is 484 g/mol. The van der Waals surface area contributed by atoms with Gasteiger partial charge in [-0.1, -0.05) is 30.3 Å². The minimum atomic E-state index is -0.529. The molecule has 0 radical (unpaired) electrons. The Morgan fingerprint density at radius 1 is 1.12 bits per heavy atom. The van der Waals surface area contributed by atoms with Crippen molar-refractivity contribution in [1.82, 2.24) is 19.8 Å². The highest BCUT2D eigenvalue weighted by atomic mass is 35.5. The molecule has 180 valence electrons. The smallest absolute Gasteiger partial charge is 0.410 e. The maximum Gasteiger partial charge on any atom is 0.410 e. The maximum absolute atomic E-state index is 13.0. The molecule has 0 N–H and O–H groups in total. The summed E-state index contributed by atoms with van der Waals surface area (Å²) in [5.41, 5.74) is 2.20. The monoisotopic (exact) mass is 483 g/mol. The van der Waals surface area contributed by atoms with Gasteiger partial charge >= 0.3 is 6.09 Å². The number of rotatable bonds is 3. The molecule has 9 heteroatoms. The van der Waals surface area contributed by atoms with Gasteiger partial charge in [0.05, 0.1) is 30.7 Å². The van der Waals surface area contributed by atoms with Gasteiger partial charge in [0.1, 0.15) is 11.4 Å². The van der Waals surface area contributed by atoms with Crippen LogP contribution in [0.1, 0.15) is 50.4 Å². The van der Waals surface area contributed by atoms with Gasteiger partial charge in [-0.05, 0) is 50.8 Å². The van der Waals surface area contributed by atoms with Gasteiger partial charge < -0.3 is 14.5 Å². The number of halogens is 1. The number of nitrogens with zero attached hydrogens (tertiary/aromatic N) is 5. The molecule has 4 heterocycles. The maximum atomic E-state index is 13.0. The zero-order chi connectivity index (χ0) is 24.0. The van der Waals surface area contributed by atoms with Gasteiger partial charge in [0.2, 0.25) is 11.2 Å². The molecule has 2 amide bonds. The third-order valence-electron chi connectivity index (χ3n) is 6.67. The fourth-order valence-corrected chi connectivity index (χ4v) is 5.41. The van der Waals surface area contributed by atoms with Crippen molar-refractivity contribution in [3.8, 4) is 0 Å². The minimum Gasteiger partial charge on any atom is -0.444 e. The molecular weight excluding hydrogens is 454 g/mol. The number of carbonyl (C=O) groups excluding carboxylic acids is 2. The van der Waals surface area contributed by atoms with E-state index in [-0.39, 0.29) is 35.8 Å². The fraction of sp³-hybridized carbons (Fsp3) is 0.520. The lowest BCUT2D eigenvalue weighted by molar-refractivity contribution is -0.132. The van der Waals surface area contributed by atoms with E-state index >= 15 is 0 Å². The molecule has 0 spiro atoms. The summed E-state index contributed by atoms with van der Waals surface area (Å²) in [4.78, 5) is 40.8. The van der Waals surface area contributed by atoms with Crippen molar-refractivity contribution in [3.05, 3.63) is 52.4 Å². The van der Waals surface area contributed by atoms with Crippen molar-refractivity contribution in [3.63, 3.8) is 0 Å². The summed E-state index contributed by atoms with van der Waals surface area (Å²) in [6.45, 7) is 7.87. The highest BCUT2D eigenvalue weighted by molar-refractivity contribution is 6.28. The molecular formula is C25H30ClN5O3. The van der Waals surface area contributed by atoms with Crippen LogP contribution in [0.25, 0.3) is 0 Å². The highest BCUT2D eigenvalue weighted by Crippen LogP contribution is 2.36. The quantitative estimate of drug-likeness (QED) is 0.618. The molecule has 0 unspecified atom stereocenters. The molecule has 3 aliphatic heterocycles. The average Bonchev–Trinajstić information content (AvgIpc) is 3.04. The standard InChI is InChI=1S/C25H30ClN5O3/c1-25(2,3)34-24(33)31-17-9-10-18(31)14-30(13-17)22-19-11-21(32)29(12-16-7-5-4-6-8-16)15-20(19)27-23(26)28-22/h4-8,17-18H,9-15H2,1-3H3/t17-,18+. The van der Waals surface area contributed by atoms with Crippen molar-refractivity contribution < 1.29 is 14.3 Å². The zero-order valence-corrected chi connectivity index (χ0v) is 20.6. The summed E-state index contributed by atoms with van der Waals surface area (Å²) in [6.07, 6.45) is 1.83. The van der Waals surface area contributed by atoms with Crippen LogP contribution in [-0.2, 0) is 29.0 Å². The third-order valence-corrected chi connectivity index (χ3v) is 6.84. The van der Waals surface area contributed by atoms with E-state index in [0.29, 0.717) is 26.2 Å². The van der Waals surface area contributed by atoms with Gasteiger partial charge in [0, 0.05) is 25.2 Å². The van der Waals surface area contributed by atoms with E-state index in [1.165, 1.54) is 0 Å². The van der Waals surface area contributed by atoms with Crippen molar-refractivity contribution in [2.75, 3.05) is 18.0 Å². The van der Waals surface area contributed by atoms with Crippen molar-refractivity contribution in [1.29, 1.82) is 0 Å². The molecule has 1 aromatic heterocycles. The van der Waals surface area contributed by atoms with E-state index in [2.05, 4.69) is 14.9 Å². The molecule has 0 saturated carbocycles. The summed E-state index contributed by atoms with van der Waals surface area (Å²) in [7, 11) is 0. The van der Waals surface area contributed by atoms with E-state index in [4.69, 9.17) is 16.3 Å². The van der Waals surface area contributed by atoms with Crippen molar-refractivity contribution in [2.24, 2.45) is 0 Å². The summed E-state index contributed by atoms with van der Waals surface area (Å²) < 4.78 is 5.65. The van der Waals surface area contributed by atoms with Crippen LogP contribution in [0.15, 0.2) is 30.3 Å². The Morgan fingerprint density at radius 2 is 1.79 bits per heavy atom. The number of amides is 2. The van der Waals surface area contributed by atoms with E-state index in [9.17, 15) is 9.59 Å². The number of benzene rings is 1. The number of piperazine rings is 1. The second-order valence-corrected chi connectivity index (χ2v) is 10.7. The van der Waals surface area contributed by atoms with Gasteiger partial charge in [-0.2, -0.15) is 0 Å². The summed E-state index contributed by atoms with van der Waals surface area (Å²) in [6, 6.07) is 10.0. The number of fused-ring (bicyclic) bond motifs is 3. The van der Waals surface area contributed by atoms with Crippen molar-refractivity contribution in [2.45, 2.75) is 70.8 Å². The molecule has 2 atom stereocenters. The van der Waals surface area contributed by atoms with Gasteiger partial charge in [0.25, 0.3) is 0 Å². The SMILES string of the molecule is CC(C)(C)OC(=O)N1[C@@H]2CC[C@H]1CN(c1nc(Cl)nc3c1CC(=O)N(Cc1ccccc1)C3)C2. The Balaban J connectivity index is 1.37. The van der Waals surface area contributed by atoms with E-state index in [1.807, 2.05) is 60.9 Å². The summed E-state index contributed by atoms with van der Waals surface area (Å²) in [5, 5.41) is 0.185. The zero-order valence-electron chi connectivity index (χ0n) is 19.8. The summed E-state index contributed by atoms with van der Waals surface area (Å²) in [5.74, 6) is 0.780. The van der Waals surface area contributed by atoms with Crippen LogP contribution in [0.2, 0.25) is 5.28 Å². The lowest BCUT2D eigenvalue weighted by atomic mass is 10.0. The number of hydrogen-bond acceptors (Lipinski definition) is 6. The number of carbonyl (C=O) groups is 2. The van der Waals surface area contributed by atoms with E-state index < -0.39 is 5.60 Å². The Morgan fingerprint density at radius 3 is 2.44 bits per heavy atom. The van der Waals surface area contributed by atoms with Crippen LogP contribution in [0, 0.1) is 0 Å². The van der Waals surface area contributed by atoms with Crippen molar-refractivity contribution >= 4 is 29.4 Å². The largest absolute Gasteiger partial charge is 0.444 e. The molecule has 34 heavy (non-hydrogen) atoms. The normalized spacial score (nSPS) is 22.1. The fourth-order valence-electron chi connectivity index (χ4n) is 5.23. The van der Waals surface area contributed by atoms with Crippen LogP contribution in [-0.4, -0.2) is 62.5 Å². The van der Waals surface area contributed by atoms with Gasteiger partial charge in [-0.3, -0.25) is 9.69 Å². The summed E-state index contributed by atoms with van der Waals surface area (Å²) >= 11 is 6.35. The van der Waals surface area contributed by atoms with Crippen LogP contribution in [0.4, 0.5) is 10.6 Å². The predicted molar refractivity (Wildman–Crippen MR) is 129 cm³/mol. The molecule has 0 aliphatic carbocycles. The molecule has 1 aromatic carbocycles. The Hall–Kier alpha value is -2.87. The molecule has 2 aromatic rings. The number of ether oxygens (including phenoxy) is 1. The first-order valence-corrected chi connectivity index (χ1v) is 12.2. The van der Waals surface area contributed by atoms with Crippen LogP contribution >= 0.6 is 11.6 Å². The first-order valence-electron chi connectivity index (χ1n) is 11.8. The number of anilines is 1. The van der Waals surface area contributed by atoms with E-state index in [1.54, 1.807) is 0 Å². The second-order valence-electron chi connectivity index (χ2n) is 10.3. The molecule has 5 rings (SSSR count). The van der Waals surface area contributed by atoms with Gasteiger partial charge in [0.15, 0.2) is 0 Å². The third kappa shape index (κ3) is 4.56. The Kier molecular flexibility index (Phi) is 5.88. The Bertz CT molecular complexity index is 1090. The van der Waals surface area contributed by atoms with Crippen LogP contribution in [0.3, 0.4) is 0 Å². The second kappa shape index (κ2) is 8.73. The van der Waals surface area contributed by atoms with Gasteiger partial charge in [-0.15, -0.1) is 0 Å². The first kappa shape index (κ1) is 22.9. The predicted octanol–water partition coefficient (Wildman–Crippen LogP) is 3.80. The minimum absolute atomic E-state index is 0.0480. The number of hydrogen-bond donors (Lipinski definition) is 0.